The van der Waals surface area contributed by atoms with Gasteiger partial charge in [-0.1, -0.05) is 36.7 Å². The molecule has 8 nitrogen and oxygen atoms in total. The standard InChI is InChI=1S/C19H17BrN4O4/c1-19(2,3)18-22-15-6-4-12(20)9-14(15)17(26)23(18)21-10-11-8-13(25)5-7-16(11)24(27)28/h4-10,25H,1-3H3. The van der Waals surface area contributed by atoms with Gasteiger partial charge in [-0.15, -0.1) is 0 Å². The summed E-state index contributed by atoms with van der Waals surface area (Å²) in [6.07, 6.45) is 1.18. The Morgan fingerprint density at radius 2 is 1.96 bits per heavy atom. The van der Waals surface area contributed by atoms with Crippen LogP contribution >= 0.6 is 15.9 Å². The minimum absolute atomic E-state index is 0.0751. The molecular weight excluding hydrogens is 428 g/mol. The van der Waals surface area contributed by atoms with Crippen molar-refractivity contribution in [3.8, 4) is 5.75 Å². The van der Waals surface area contributed by atoms with Crippen LogP contribution in [0.2, 0.25) is 0 Å². The number of aromatic nitrogens is 2. The van der Waals surface area contributed by atoms with Crippen LogP contribution in [-0.4, -0.2) is 25.9 Å². The van der Waals surface area contributed by atoms with Crippen LogP contribution in [0.25, 0.3) is 10.9 Å². The number of nitro groups is 1. The molecule has 3 aromatic rings. The Kier molecular flexibility index (Phi) is 5.03. The first-order valence-electron chi connectivity index (χ1n) is 8.32. The predicted molar refractivity (Wildman–Crippen MR) is 110 cm³/mol. The molecule has 9 heteroatoms. The van der Waals surface area contributed by atoms with Crippen LogP contribution in [0.5, 0.6) is 5.75 Å². The van der Waals surface area contributed by atoms with Gasteiger partial charge in [-0.3, -0.25) is 14.9 Å². The first-order valence-corrected chi connectivity index (χ1v) is 9.12. The molecule has 144 valence electrons. The van der Waals surface area contributed by atoms with Gasteiger partial charge in [0.2, 0.25) is 0 Å². The molecule has 3 rings (SSSR count). The number of phenolic OH excluding ortho intramolecular Hbond substituents is 1. The van der Waals surface area contributed by atoms with E-state index in [4.69, 9.17) is 0 Å². The molecule has 1 aromatic heterocycles. The number of rotatable bonds is 3. The van der Waals surface area contributed by atoms with Gasteiger partial charge in [-0.2, -0.15) is 9.78 Å². The Bertz CT molecular complexity index is 1180. The van der Waals surface area contributed by atoms with E-state index in [2.05, 4.69) is 26.0 Å². The summed E-state index contributed by atoms with van der Waals surface area (Å²) in [7, 11) is 0. The predicted octanol–water partition coefficient (Wildman–Crippen LogP) is 3.95. The molecule has 0 saturated carbocycles. The minimum atomic E-state index is -0.579. The Balaban J connectivity index is 2.27. The van der Waals surface area contributed by atoms with Gasteiger partial charge in [-0.05, 0) is 30.3 Å². The molecule has 0 saturated heterocycles. The molecule has 28 heavy (non-hydrogen) atoms. The minimum Gasteiger partial charge on any atom is -0.508 e. The van der Waals surface area contributed by atoms with Crippen LogP contribution < -0.4 is 5.56 Å². The first kappa shape index (κ1) is 19.7. The monoisotopic (exact) mass is 444 g/mol. The summed E-state index contributed by atoms with van der Waals surface area (Å²) in [6.45, 7) is 5.67. The summed E-state index contributed by atoms with van der Waals surface area (Å²) in [5.41, 5.74) is -0.527. The average Bonchev–Trinajstić information content (AvgIpc) is 2.60. The zero-order valence-electron chi connectivity index (χ0n) is 15.4. The lowest BCUT2D eigenvalue weighted by molar-refractivity contribution is -0.385. The van der Waals surface area contributed by atoms with Crippen LogP contribution in [0.3, 0.4) is 0 Å². The normalized spacial score (nSPS) is 12.0. The lowest BCUT2D eigenvalue weighted by Crippen LogP contribution is -2.29. The van der Waals surface area contributed by atoms with Crippen LogP contribution in [-0.2, 0) is 5.41 Å². The maximum absolute atomic E-state index is 13.1. The third-order valence-electron chi connectivity index (χ3n) is 4.00. The molecule has 0 fully saturated rings. The number of fused-ring (bicyclic) bond motifs is 1. The number of hydrogen-bond donors (Lipinski definition) is 1. The highest BCUT2D eigenvalue weighted by atomic mass is 79.9. The van der Waals surface area contributed by atoms with Gasteiger partial charge in [0.05, 0.1) is 27.6 Å². The van der Waals surface area contributed by atoms with Gasteiger partial charge >= 0.3 is 0 Å². The second-order valence-electron chi connectivity index (χ2n) is 7.21. The SMILES string of the molecule is CC(C)(C)c1nc2ccc(Br)cc2c(=O)n1N=Cc1cc(O)ccc1[N+](=O)[O-]. The smallest absolute Gasteiger partial charge is 0.282 e. The van der Waals surface area contributed by atoms with Gasteiger partial charge in [-0.25, -0.2) is 4.98 Å². The zero-order valence-corrected chi connectivity index (χ0v) is 17.0. The zero-order chi connectivity index (χ0) is 20.6. The van der Waals surface area contributed by atoms with Crippen molar-refractivity contribution < 1.29 is 10.0 Å². The third-order valence-corrected chi connectivity index (χ3v) is 4.49. The maximum atomic E-state index is 13.1. The fraction of sp³-hybridized carbons (Fsp3) is 0.211. The first-order chi connectivity index (χ1) is 13.1. The molecule has 0 amide bonds. The molecule has 0 aliphatic rings. The summed E-state index contributed by atoms with van der Waals surface area (Å²) < 4.78 is 1.87. The van der Waals surface area contributed by atoms with E-state index in [9.17, 15) is 20.0 Å². The second kappa shape index (κ2) is 7.16. The number of aromatic hydroxyl groups is 1. The lowest BCUT2D eigenvalue weighted by atomic mass is 9.95. The number of phenols is 1. The fourth-order valence-electron chi connectivity index (χ4n) is 2.67. The van der Waals surface area contributed by atoms with Crippen molar-refractivity contribution in [1.29, 1.82) is 0 Å². The van der Waals surface area contributed by atoms with Gasteiger partial charge in [0.25, 0.3) is 11.2 Å². The quantitative estimate of drug-likeness (QED) is 0.373. The average molecular weight is 445 g/mol. The molecule has 0 unspecified atom stereocenters. The van der Waals surface area contributed by atoms with Crippen LogP contribution in [0.15, 0.2) is 50.8 Å². The van der Waals surface area contributed by atoms with E-state index >= 15 is 0 Å². The fourth-order valence-corrected chi connectivity index (χ4v) is 3.03. The van der Waals surface area contributed by atoms with Gasteiger partial charge in [0, 0.05) is 16.0 Å². The number of benzene rings is 2. The summed E-state index contributed by atoms with van der Waals surface area (Å²) in [5.74, 6) is 0.266. The van der Waals surface area contributed by atoms with Crippen molar-refractivity contribution in [2.24, 2.45) is 5.10 Å². The molecule has 0 aliphatic carbocycles. The van der Waals surface area contributed by atoms with E-state index < -0.39 is 15.9 Å². The van der Waals surface area contributed by atoms with E-state index in [1.807, 2.05) is 20.8 Å². The molecule has 1 N–H and O–H groups in total. The Morgan fingerprint density at radius 3 is 2.61 bits per heavy atom. The highest BCUT2D eigenvalue weighted by molar-refractivity contribution is 9.10. The van der Waals surface area contributed by atoms with Crippen LogP contribution in [0, 0.1) is 10.1 Å². The molecule has 0 radical (unpaired) electrons. The summed E-state index contributed by atoms with van der Waals surface area (Å²) in [4.78, 5) is 28.3. The topological polar surface area (TPSA) is 111 Å². The molecule has 0 bridgehead atoms. The van der Waals surface area contributed by atoms with Gasteiger partial charge < -0.3 is 5.11 Å². The second-order valence-corrected chi connectivity index (χ2v) is 8.12. The van der Waals surface area contributed by atoms with Crippen molar-refractivity contribution in [3.05, 3.63) is 72.7 Å². The third kappa shape index (κ3) is 3.79. The number of halogens is 1. The van der Waals surface area contributed by atoms with Crippen LogP contribution in [0.4, 0.5) is 5.69 Å². The summed E-state index contributed by atoms with van der Waals surface area (Å²) >= 11 is 3.34. The molecule has 1 heterocycles. The molecule has 0 spiro atoms. The van der Waals surface area contributed by atoms with E-state index in [-0.39, 0.29) is 17.0 Å². The highest BCUT2D eigenvalue weighted by Crippen LogP contribution is 2.24. The van der Waals surface area contributed by atoms with E-state index in [0.29, 0.717) is 16.7 Å². The molecule has 0 atom stereocenters. The number of nitrogens with zero attached hydrogens (tertiary/aromatic N) is 4. The van der Waals surface area contributed by atoms with Crippen molar-refractivity contribution in [2.75, 3.05) is 0 Å². The molecule has 2 aromatic carbocycles. The molecule has 0 aliphatic heterocycles. The van der Waals surface area contributed by atoms with Crippen molar-refractivity contribution >= 4 is 38.7 Å². The number of hydrogen-bond acceptors (Lipinski definition) is 6. The lowest BCUT2D eigenvalue weighted by Gasteiger charge is -2.20. The van der Waals surface area contributed by atoms with E-state index in [1.165, 1.54) is 24.4 Å². The van der Waals surface area contributed by atoms with E-state index in [0.717, 1.165) is 9.15 Å². The summed E-state index contributed by atoms with van der Waals surface area (Å²) in [5, 5.41) is 25.4. The van der Waals surface area contributed by atoms with E-state index in [1.54, 1.807) is 18.2 Å². The maximum Gasteiger partial charge on any atom is 0.282 e. The van der Waals surface area contributed by atoms with Crippen molar-refractivity contribution in [2.45, 2.75) is 26.2 Å². The Labute approximate surface area is 168 Å². The highest BCUT2D eigenvalue weighted by Gasteiger charge is 2.23. The number of nitro benzene ring substituents is 1. The van der Waals surface area contributed by atoms with Crippen molar-refractivity contribution in [1.82, 2.24) is 9.66 Å². The van der Waals surface area contributed by atoms with Crippen LogP contribution in [0.1, 0.15) is 32.2 Å². The largest absolute Gasteiger partial charge is 0.508 e. The van der Waals surface area contributed by atoms with Gasteiger partial charge in [0.1, 0.15) is 11.6 Å². The Morgan fingerprint density at radius 1 is 1.25 bits per heavy atom. The van der Waals surface area contributed by atoms with Crippen molar-refractivity contribution in [3.63, 3.8) is 0 Å². The van der Waals surface area contributed by atoms with Gasteiger partial charge in [0.15, 0.2) is 0 Å². The summed E-state index contributed by atoms with van der Waals surface area (Å²) in [6, 6.07) is 8.81. The Hall–Kier alpha value is -3.07. The molecular formula is C19H17BrN4O4.